The van der Waals surface area contributed by atoms with E-state index in [4.69, 9.17) is 21.1 Å². The summed E-state index contributed by atoms with van der Waals surface area (Å²) in [4.78, 5) is 66.7. The summed E-state index contributed by atoms with van der Waals surface area (Å²) in [6.07, 6.45) is 4.65. The SMILES string of the molecule is COc1cccc(C(=O)Oc2ccc(C(=O)CN(C(=O)c3ccc(Cl)cc3)N3C(=O)[C@H]4[C@H](C3=O)[C@H]3C=C[C@H]4C3)cc2)c1. The Bertz CT molecular complexity index is 1600. The lowest BCUT2D eigenvalue weighted by molar-refractivity contribution is -0.154. The summed E-state index contributed by atoms with van der Waals surface area (Å²) >= 11 is 5.99. The van der Waals surface area contributed by atoms with Gasteiger partial charge in [0.05, 0.1) is 24.5 Å². The molecule has 1 saturated carbocycles. The topological polar surface area (TPSA) is 110 Å². The summed E-state index contributed by atoms with van der Waals surface area (Å²) in [5, 5.41) is 2.21. The first-order valence-electron chi connectivity index (χ1n) is 13.4. The molecule has 0 aromatic heterocycles. The third-order valence-electron chi connectivity index (χ3n) is 8.00. The van der Waals surface area contributed by atoms with Crippen molar-refractivity contribution >= 4 is 41.1 Å². The van der Waals surface area contributed by atoms with Gasteiger partial charge in [0.1, 0.15) is 18.0 Å². The molecule has 0 radical (unpaired) electrons. The number of fused-ring (bicyclic) bond motifs is 5. The molecule has 9 nitrogen and oxygen atoms in total. The Morgan fingerprint density at radius 2 is 1.45 bits per heavy atom. The lowest BCUT2D eigenvalue weighted by Gasteiger charge is -2.30. The van der Waals surface area contributed by atoms with Gasteiger partial charge in [0.25, 0.3) is 17.7 Å². The fourth-order valence-corrected chi connectivity index (χ4v) is 6.08. The van der Waals surface area contributed by atoms with Crippen molar-refractivity contribution in [1.82, 2.24) is 10.0 Å². The Balaban J connectivity index is 1.22. The maximum atomic E-state index is 13.7. The highest BCUT2D eigenvalue weighted by molar-refractivity contribution is 6.30. The zero-order chi connectivity index (χ0) is 29.5. The van der Waals surface area contributed by atoms with Crippen molar-refractivity contribution in [1.29, 1.82) is 0 Å². The third kappa shape index (κ3) is 4.86. The van der Waals surface area contributed by atoms with Crippen LogP contribution in [0, 0.1) is 23.7 Å². The second-order valence-electron chi connectivity index (χ2n) is 10.4. The van der Waals surface area contributed by atoms with E-state index in [0.29, 0.717) is 16.3 Å². The van der Waals surface area contributed by atoms with E-state index in [-0.39, 0.29) is 28.7 Å². The van der Waals surface area contributed by atoms with E-state index >= 15 is 0 Å². The Morgan fingerprint density at radius 3 is 2.07 bits per heavy atom. The number of hydrogen-bond acceptors (Lipinski definition) is 7. The normalized spacial score (nSPS) is 21.8. The molecule has 0 spiro atoms. The summed E-state index contributed by atoms with van der Waals surface area (Å²) in [5.74, 6) is -3.23. The number of Topliss-reactive ketones (excluding diaryl/α,β-unsaturated/α-hetero) is 1. The monoisotopic (exact) mass is 584 g/mol. The number of esters is 1. The average Bonchev–Trinajstić information content (AvgIpc) is 3.70. The van der Waals surface area contributed by atoms with Gasteiger partial charge in [-0.15, -0.1) is 0 Å². The van der Waals surface area contributed by atoms with E-state index in [1.165, 1.54) is 55.6 Å². The smallest absolute Gasteiger partial charge is 0.343 e. The van der Waals surface area contributed by atoms with Crippen LogP contribution in [0.25, 0.3) is 0 Å². The lowest BCUT2D eigenvalue weighted by atomic mass is 9.85. The first-order chi connectivity index (χ1) is 20.2. The molecule has 3 aromatic carbocycles. The molecule has 0 unspecified atom stereocenters. The number of imide groups is 1. The Morgan fingerprint density at radius 1 is 0.833 bits per heavy atom. The fourth-order valence-electron chi connectivity index (χ4n) is 5.95. The Kier molecular flexibility index (Phi) is 7.12. The number of allylic oxidation sites excluding steroid dienone is 2. The molecule has 0 N–H and O–H groups in total. The number of rotatable bonds is 8. The number of amides is 3. The predicted octanol–water partition coefficient (Wildman–Crippen LogP) is 4.62. The van der Waals surface area contributed by atoms with E-state index in [1.807, 2.05) is 12.2 Å². The minimum Gasteiger partial charge on any atom is -0.497 e. The summed E-state index contributed by atoms with van der Waals surface area (Å²) in [5.41, 5.74) is 0.663. The predicted molar refractivity (Wildman–Crippen MR) is 151 cm³/mol. The second kappa shape index (κ2) is 10.9. The fraction of sp³-hybridized carbons (Fsp3) is 0.219. The molecule has 2 aliphatic carbocycles. The van der Waals surface area contributed by atoms with Crippen LogP contribution in [0.5, 0.6) is 11.5 Å². The van der Waals surface area contributed by atoms with Crippen LogP contribution in [0.1, 0.15) is 37.5 Å². The van der Waals surface area contributed by atoms with Gasteiger partial charge in [0.2, 0.25) is 0 Å². The van der Waals surface area contributed by atoms with Gasteiger partial charge >= 0.3 is 5.97 Å². The number of ether oxygens (including phenoxy) is 2. The highest BCUT2D eigenvalue weighted by atomic mass is 35.5. The molecule has 2 bridgehead atoms. The third-order valence-corrected chi connectivity index (χ3v) is 8.25. The van der Waals surface area contributed by atoms with Crippen LogP contribution >= 0.6 is 11.6 Å². The van der Waals surface area contributed by atoms with Crippen molar-refractivity contribution in [3.8, 4) is 11.5 Å². The van der Waals surface area contributed by atoms with Gasteiger partial charge in [-0.1, -0.05) is 29.8 Å². The molecule has 1 heterocycles. The molecule has 6 rings (SSSR count). The van der Waals surface area contributed by atoms with Crippen LogP contribution in [0.3, 0.4) is 0 Å². The minimum absolute atomic E-state index is 0.0585. The van der Waals surface area contributed by atoms with Crippen molar-refractivity contribution in [2.24, 2.45) is 23.7 Å². The molecule has 10 heteroatoms. The summed E-state index contributed by atoms with van der Waals surface area (Å²) in [6.45, 7) is -0.552. The number of methoxy groups -OCH3 is 1. The van der Waals surface area contributed by atoms with Crippen LogP contribution in [0.15, 0.2) is 84.9 Å². The Hall–Kier alpha value is -4.76. The van der Waals surface area contributed by atoms with Crippen LogP contribution < -0.4 is 9.47 Å². The number of carbonyl (C=O) groups is 5. The van der Waals surface area contributed by atoms with Gasteiger partial charge in [-0.2, -0.15) is 5.01 Å². The zero-order valence-electron chi connectivity index (χ0n) is 22.4. The van der Waals surface area contributed by atoms with Gasteiger partial charge < -0.3 is 9.47 Å². The van der Waals surface area contributed by atoms with Gasteiger partial charge in [-0.25, -0.2) is 9.80 Å². The molecule has 3 aliphatic rings. The van der Waals surface area contributed by atoms with Crippen molar-refractivity contribution in [2.75, 3.05) is 13.7 Å². The number of carbonyl (C=O) groups excluding carboxylic acids is 5. The molecule has 212 valence electrons. The first-order valence-corrected chi connectivity index (χ1v) is 13.8. The van der Waals surface area contributed by atoms with E-state index in [0.717, 1.165) is 16.4 Å². The summed E-state index contributed by atoms with van der Waals surface area (Å²) in [6, 6.07) is 18.3. The Labute approximate surface area is 246 Å². The number of hydrazine groups is 1. The number of halogens is 1. The second-order valence-corrected chi connectivity index (χ2v) is 10.9. The van der Waals surface area contributed by atoms with E-state index in [2.05, 4.69) is 0 Å². The number of benzene rings is 3. The van der Waals surface area contributed by atoms with Gasteiger partial charge in [0.15, 0.2) is 5.78 Å². The van der Waals surface area contributed by atoms with Crippen LogP contribution in [0.4, 0.5) is 0 Å². The van der Waals surface area contributed by atoms with Crippen molar-refractivity contribution < 1.29 is 33.4 Å². The average molecular weight is 585 g/mol. The number of hydrogen-bond donors (Lipinski definition) is 0. The quantitative estimate of drug-likeness (QED) is 0.125. The summed E-state index contributed by atoms with van der Waals surface area (Å²) < 4.78 is 10.6. The maximum Gasteiger partial charge on any atom is 0.343 e. The van der Waals surface area contributed by atoms with Crippen molar-refractivity contribution in [2.45, 2.75) is 6.42 Å². The molecular weight excluding hydrogens is 560 g/mol. The molecule has 3 aromatic rings. The minimum atomic E-state index is -0.675. The highest BCUT2D eigenvalue weighted by Gasteiger charge is 2.61. The van der Waals surface area contributed by atoms with Crippen molar-refractivity contribution in [3.63, 3.8) is 0 Å². The van der Waals surface area contributed by atoms with Crippen LogP contribution in [0.2, 0.25) is 5.02 Å². The number of nitrogens with zero attached hydrogens (tertiary/aromatic N) is 2. The van der Waals surface area contributed by atoms with E-state index in [9.17, 15) is 24.0 Å². The first kappa shape index (κ1) is 27.4. The molecule has 42 heavy (non-hydrogen) atoms. The molecule has 4 atom stereocenters. The van der Waals surface area contributed by atoms with E-state index in [1.54, 1.807) is 24.3 Å². The standard InChI is InChI=1S/C32H25ClN2O7/c1-41-25-4-2-3-22(16-25)32(40)42-24-13-9-18(10-14-24)26(36)17-34(29(37)19-7-11-23(33)12-8-19)35-30(38)27-20-5-6-21(15-20)28(27)31(35)39/h2-14,16,20-21,27-28H,15,17H2,1H3/t20-,21-,27+,28+/m0/s1. The van der Waals surface area contributed by atoms with Gasteiger partial charge in [0, 0.05) is 16.1 Å². The maximum absolute atomic E-state index is 13.7. The van der Waals surface area contributed by atoms with Crippen LogP contribution in [-0.2, 0) is 9.59 Å². The van der Waals surface area contributed by atoms with E-state index < -0.39 is 47.9 Å². The zero-order valence-corrected chi connectivity index (χ0v) is 23.2. The van der Waals surface area contributed by atoms with Crippen molar-refractivity contribution in [3.05, 3.63) is 107 Å². The lowest BCUT2D eigenvalue weighted by Crippen LogP contribution is -2.52. The molecular formula is C32H25ClN2O7. The largest absolute Gasteiger partial charge is 0.497 e. The highest BCUT2D eigenvalue weighted by Crippen LogP contribution is 2.52. The van der Waals surface area contributed by atoms with Gasteiger partial charge in [-0.05, 0) is 85.0 Å². The molecule has 1 saturated heterocycles. The molecule has 2 fully saturated rings. The van der Waals surface area contributed by atoms with Gasteiger partial charge in [-0.3, -0.25) is 19.2 Å². The molecule has 1 aliphatic heterocycles. The van der Waals surface area contributed by atoms with Crippen LogP contribution in [-0.4, -0.2) is 53.1 Å². The molecule has 3 amide bonds. The number of ketones is 1. The summed E-state index contributed by atoms with van der Waals surface area (Å²) in [7, 11) is 1.49.